The molecular weight excluding hydrogens is 208 g/mol. The van der Waals surface area contributed by atoms with Crippen molar-refractivity contribution in [3.8, 4) is 0 Å². The van der Waals surface area contributed by atoms with Crippen LogP contribution in [-0.4, -0.2) is 5.78 Å². The standard InChI is InChI=1S/C16H24O/c1-5-12(3)11-16(17)15-9-7-14(8-10-15)13(4)6-2/h7-10,12-13H,5-6,11H2,1-4H3. The largest absolute Gasteiger partial charge is 0.294 e. The Kier molecular flexibility index (Phi) is 5.40. The Morgan fingerprint density at radius 3 is 2.12 bits per heavy atom. The molecule has 1 aromatic carbocycles. The number of rotatable bonds is 6. The third-order valence-electron chi connectivity index (χ3n) is 3.64. The number of hydrogen-bond acceptors (Lipinski definition) is 1. The van der Waals surface area contributed by atoms with E-state index in [-0.39, 0.29) is 5.78 Å². The average Bonchev–Trinajstić information content (AvgIpc) is 2.37. The maximum absolute atomic E-state index is 12.0. The summed E-state index contributed by atoms with van der Waals surface area (Å²) in [6, 6.07) is 8.15. The Balaban J connectivity index is 2.70. The van der Waals surface area contributed by atoms with Crippen LogP contribution in [0.3, 0.4) is 0 Å². The van der Waals surface area contributed by atoms with Crippen LogP contribution in [0, 0.1) is 5.92 Å². The van der Waals surface area contributed by atoms with Gasteiger partial charge in [-0.05, 0) is 23.8 Å². The molecule has 0 bridgehead atoms. The fourth-order valence-corrected chi connectivity index (χ4v) is 1.81. The molecule has 0 aromatic heterocycles. The zero-order valence-corrected chi connectivity index (χ0v) is 11.5. The first-order chi connectivity index (χ1) is 8.08. The van der Waals surface area contributed by atoms with Crippen LogP contribution >= 0.6 is 0 Å². The Morgan fingerprint density at radius 1 is 1.06 bits per heavy atom. The van der Waals surface area contributed by atoms with Crippen LogP contribution in [0.4, 0.5) is 0 Å². The summed E-state index contributed by atoms with van der Waals surface area (Å²) in [5, 5.41) is 0. The number of carbonyl (C=O) groups excluding carboxylic acids is 1. The van der Waals surface area contributed by atoms with Crippen LogP contribution in [-0.2, 0) is 0 Å². The number of hydrogen-bond donors (Lipinski definition) is 0. The third-order valence-corrected chi connectivity index (χ3v) is 3.64. The quantitative estimate of drug-likeness (QED) is 0.643. The molecule has 2 unspecified atom stereocenters. The van der Waals surface area contributed by atoms with E-state index < -0.39 is 0 Å². The fourth-order valence-electron chi connectivity index (χ4n) is 1.81. The van der Waals surface area contributed by atoms with Crippen molar-refractivity contribution in [2.45, 2.75) is 52.9 Å². The van der Waals surface area contributed by atoms with E-state index in [1.807, 2.05) is 12.1 Å². The van der Waals surface area contributed by atoms with Crippen LogP contribution in [0.15, 0.2) is 24.3 Å². The number of Topliss-reactive ketones (excluding diaryl/α,β-unsaturated/α-hetero) is 1. The van der Waals surface area contributed by atoms with Crippen LogP contribution in [0.5, 0.6) is 0 Å². The molecule has 0 amide bonds. The van der Waals surface area contributed by atoms with Gasteiger partial charge >= 0.3 is 0 Å². The molecule has 1 heteroatoms. The first-order valence-corrected chi connectivity index (χ1v) is 6.71. The lowest BCUT2D eigenvalue weighted by molar-refractivity contribution is 0.0963. The highest BCUT2D eigenvalue weighted by Gasteiger charge is 2.10. The highest BCUT2D eigenvalue weighted by molar-refractivity contribution is 5.96. The highest BCUT2D eigenvalue weighted by atomic mass is 16.1. The molecule has 0 radical (unpaired) electrons. The number of benzene rings is 1. The van der Waals surface area contributed by atoms with Crippen molar-refractivity contribution in [1.29, 1.82) is 0 Å². The van der Waals surface area contributed by atoms with E-state index in [2.05, 4.69) is 39.8 Å². The van der Waals surface area contributed by atoms with Crippen molar-refractivity contribution < 1.29 is 4.79 Å². The van der Waals surface area contributed by atoms with Crippen LogP contribution in [0.2, 0.25) is 0 Å². The predicted molar refractivity (Wildman–Crippen MR) is 73.6 cm³/mol. The molecule has 0 saturated carbocycles. The van der Waals surface area contributed by atoms with E-state index in [1.165, 1.54) is 5.56 Å². The first kappa shape index (κ1) is 14.0. The van der Waals surface area contributed by atoms with Crippen molar-refractivity contribution in [3.63, 3.8) is 0 Å². The fraction of sp³-hybridized carbons (Fsp3) is 0.562. The van der Waals surface area contributed by atoms with Crippen LogP contribution in [0.1, 0.15) is 68.8 Å². The molecule has 0 fully saturated rings. The normalized spacial score (nSPS) is 14.4. The van der Waals surface area contributed by atoms with Gasteiger partial charge in [-0.3, -0.25) is 4.79 Å². The van der Waals surface area contributed by atoms with Gasteiger partial charge in [-0.2, -0.15) is 0 Å². The summed E-state index contributed by atoms with van der Waals surface area (Å²) < 4.78 is 0. The zero-order valence-electron chi connectivity index (χ0n) is 11.5. The summed E-state index contributed by atoms with van der Waals surface area (Å²) in [6.07, 6.45) is 2.87. The summed E-state index contributed by atoms with van der Waals surface area (Å²) in [5.41, 5.74) is 2.19. The molecule has 0 heterocycles. The second-order valence-electron chi connectivity index (χ2n) is 5.07. The van der Waals surface area contributed by atoms with E-state index in [0.717, 1.165) is 18.4 Å². The van der Waals surface area contributed by atoms with Gasteiger partial charge in [0.25, 0.3) is 0 Å². The molecule has 1 nitrogen and oxygen atoms in total. The number of carbonyl (C=O) groups is 1. The number of ketones is 1. The SMILES string of the molecule is CCC(C)CC(=O)c1ccc(C(C)CC)cc1. The molecule has 0 aliphatic heterocycles. The smallest absolute Gasteiger partial charge is 0.163 e. The Labute approximate surface area is 105 Å². The van der Waals surface area contributed by atoms with Gasteiger partial charge in [0.05, 0.1) is 0 Å². The monoisotopic (exact) mass is 232 g/mol. The van der Waals surface area contributed by atoms with Gasteiger partial charge in [0.1, 0.15) is 0 Å². The molecule has 0 spiro atoms. The highest BCUT2D eigenvalue weighted by Crippen LogP contribution is 2.20. The lowest BCUT2D eigenvalue weighted by atomic mass is 9.94. The summed E-state index contributed by atoms with van der Waals surface area (Å²) >= 11 is 0. The van der Waals surface area contributed by atoms with Gasteiger partial charge in [0.2, 0.25) is 0 Å². The van der Waals surface area contributed by atoms with E-state index >= 15 is 0 Å². The van der Waals surface area contributed by atoms with Gasteiger partial charge in [-0.1, -0.05) is 58.4 Å². The molecule has 0 aliphatic carbocycles. The molecular formula is C16H24O. The molecule has 17 heavy (non-hydrogen) atoms. The molecule has 0 N–H and O–H groups in total. The van der Waals surface area contributed by atoms with E-state index in [0.29, 0.717) is 18.3 Å². The van der Waals surface area contributed by atoms with Crippen molar-refractivity contribution in [2.24, 2.45) is 5.92 Å². The Hall–Kier alpha value is -1.11. The molecule has 1 aromatic rings. The molecule has 94 valence electrons. The van der Waals surface area contributed by atoms with Crippen molar-refractivity contribution in [2.75, 3.05) is 0 Å². The predicted octanol–water partition coefficient (Wildman–Crippen LogP) is 4.82. The third kappa shape index (κ3) is 3.99. The van der Waals surface area contributed by atoms with Gasteiger partial charge in [0.15, 0.2) is 5.78 Å². The maximum atomic E-state index is 12.0. The minimum atomic E-state index is 0.273. The minimum Gasteiger partial charge on any atom is -0.294 e. The van der Waals surface area contributed by atoms with Gasteiger partial charge in [-0.15, -0.1) is 0 Å². The second kappa shape index (κ2) is 6.58. The van der Waals surface area contributed by atoms with E-state index in [9.17, 15) is 4.79 Å². The lowest BCUT2D eigenvalue weighted by Gasteiger charge is -2.10. The first-order valence-electron chi connectivity index (χ1n) is 6.71. The average molecular weight is 232 g/mol. The van der Waals surface area contributed by atoms with Crippen LogP contribution in [0.25, 0.3) is 0 Å². The van der Waals surface area contributed by atoms with E-state index in [4.69, 9.17) is 0 Å². The van der Waals surface area contributed by atoms with Gasteiger partial charge < -0.3 is 0 Å². The topological polar surface area (TPSA) is 17.1 Å². The van der Waals surface area contributed by atoms with Crippen molar-refractivity contribution in [3.05, 3.63) is 35.4 Å². The van der Waals surface area contributed by atoms with Gasteiger partial charge in [-0.25, -0.2) is 0 Å². The summed E-state index contributed by atoms with van der Waals surface area (Å²) in [5.74, 6) is 1.33. The second-order valence-corrected chi connectivity index (χ2v) is 5.07. The summed E-state index contributed by atoms with van der Waals surface area (Å²) in [4.78, 5) is 12.0. The molecule has 0 saturated heterocycles. The van der Waals surface area contributed by atoms with Crippen molar-refractivity contribution >= 4 is 5.78 Å². The Morgan fingerprint density at radius 2 is 1.65 bits per heavy atom. The zero-order chi connectivity index (χ0) is 12.8. The molecule has 0 aliphatic rings. The maximum Gasteiger partial charge on any atom is 0.163 e. The van der Waals surface area contributed by atoms with Gasteiger partial charge in [0, 0.05) is 12.0 Å². The summed E-state index contributed by atoms with van der Waals surface area (Å²) in [6.45, 7) is 8.66. The van der Waals surface area contributed by atoms with E-state index in [1.54, 1.807) is 0 Å². The van der Waals surface area contributed by atoms with Crippen molar-refractivity contribution in [1.82, 2.24) is 0 Å². The summed E-state index contributed by atoms with van der Waals surface area (Å²) in [7, 11) is 0. The molecule has 2 atom stereocenters. The Bertz CT molecular complexity index is 350. The van der Waals surface area contributed by atoms with Crippen LogP contribution < -0.4 is 0 Å². The minimum absolute atomic E-state index is 0.273. The lowest BCUT2D eigenvalue weighted by Crippen LogP contribution is -2.05. The molecule has 1 rings (SSSR count).